The van der Waals surface area contributed by atoms with Crippen LogP contribution in [0.3, 0.4) is 0 Å². The van der Waals surface area contributed by atoms with Crippen LogP contribution in [0.15, 0.2) is 35.4 Å². The van der Waals surface area contributed by atoms with Gasteiger partial charge >= 0.3 is 0 Å². The molecule has 1 aromatic heterocycles. The van der Waals surface area contributed by atoms with Crippen molar-refractivity contribution in [1.82, 2.24) is 9.97 Å². The van der Waals surface area contributed by atoms with Crippen molar-refractivity contribution < 1.29 is 4.74 Å². The first-order valence-corrected chi connectivity index (χ1v) is 6.32. The highest BCUT2D eigenvalue weighted by Crippen LogP contribution is 2.44. The lowest BCUT2D eigenvalue weighted by Gasteiger charge is -2.26. The molecule has 0 aliphatic carbocycles. The molecule has 0 fully saturated rings. The highest BCUT2D eigenvalue weighted by Gasteiger charge is 2.44. The van der Waals surface area contributed by atoms with E-state index in [0.717, 1.165) is 5.56 Å². The van der Waals surface area contributed by atoms with Crippen LogP contribution < -0.4 is 10.3 Å². The Bertz CT molecular complexity index is 671. The minimum atomic E-state index is -0.473. The van der Waals surface area contributed by atoms with Crippen molar-refractivity contribution in [3.8, 4) is 5.88 Å². The number of aryl methyl sites for hydroxylation is 1. The topological polar surface area (TPSA) is 55.0 Å². The first-order chi connectivity index (χ1) is 8.99. The summed E-state index contributed by atoms with van der Waals surface area (Å²) in [7, 11) is 0. The lowest BCUT2D eigenvalue weighted by atomic mass is 9.82. The van der Waals surface area contributed by atoms with E-state index in [9.17, 15) is 4.79 Å². The molecule has 0 amide bonds. The number of H-pyrrole nitrogens is 1. The number of ether oxygens (including phenoxy) is 1. The molecule has 98 valence electrons. The summed E-state index contributed by atoms with van der Waals surface area (Å²) >= 11 is 0. The minimum Gasteiger partial charge on any atom is -0.470 e. The van der Waals surface area contributed by atoms with Crippen molar-refractivity contribution in [1.29, 1.82) is 0 Å². The number of aromatic nitrogens is 2. The molecule has 3 rings (SSSR count). The van der Waals surface area contributed by atoms with Crippen molar-refractivity contribution >= 4 is 0 Å². The van der Waals surface area contributed by atoms with E-state index in [0.29, 0.717) is 11.4 Å². The van der Waals surface area contributed by atoms with E-state index < -0.39 is 5.60 Å². The molecular formula is C15H16N2O2. The van der Waals surface area contributed by atoms with E-state index in [-0.39, 0.29) is 11.5 Å². The van der Waals surface area contributed by atoms with E-state index in [2.05, 4.69) is 9.97 Å². The van der Waals surface area contributed by atoms with Gasteiger partial charge in [0.25, 0.3) is 5.56 Å². The first-order valence-electron chi connectivity index (χ1n) is 6.32. The van der Waals surface area contributed by atoms with E-state index >= 15 is 0 Å². The van der Waals surface area contributed by atoms with Gasteiger partial charge in [-0.2, -0.15) is 0 Å². The van der Waals surface area contributed by atoms with E-state index in [1.807, 2.05) is 45.0 Å². The fourth-order valence-electron chi connectivity index (χ4n) is 2.71. The molecule has 0 saturated carbocycles. The Morgan fingerprint density at radius 3 is 2.63 bits per heavy atom. The number of nitrogens with zero attached hydrogens (tertiary/aromatic N) is 1. The Kier molecular flexibility index (Phi) is 2.49. The van der Waals surface area contributed by atoms with Gasteiger partial charge in [0, 0.05) is 0 Å². The summed E-state index contributed by atoms with van der Waals surface area (Å²) in [6.45, 7) is 6.01. The van der Waals surface area contributed by atoms with Crippen LogP contribution >= 0.6 is 0 Å². The fourth-order valence-corrected chi connectivity index (χ4v) is 2.71. The molecule has 0 radical (unpaired) electrons. The Hall–Kier alpha value is -2.10. The molecule has 19 heavy (non-hydrogen) atoms. The minimum absolute atomic E-state index is 0.0967. The maximum absolute atomic E-state index is 12.1. The van der Waals surface area contributed by atoms with Crippen LogP contribution in [-0.4, -0.2) is 15.6 Å². The van der Waals surface area contributed by atoms with Gasteiger partial charge < -0.3 is 9.72 Å². The van der Waals surface area contributed by atoms with Gasteiger partial charge in [-0.05, 0) is 26.3 Å². The van der Waals surface area contributed by atoms with Crippen LogP contribution in [-0.2, 0) is 0 Å². The molecule has 1 aliphatic rings. The summed E-state index contributed by atoms with van der Waals surface area (Å²) in [5.41, 5.74) is 2.30. The summed E-state index contributed by atoms with van der Waals surface area (Å²) in [4.78, 5) is 18.8. The lowest BCUT2D eigenvalue weighted by molar-refractivity contribution is 0.117. The molecule has 0 spiro atoms. The molecule has 0 unspecified atom stereocenters. The molecule has 4 heteroatoms. The third kappa shape index (κ3) is 1.84. The number of benzene rings is 1. The number of nitrogens with one attached hydrogen (secondary N) is 1. The maximum Gasteiger partial charge on any atom is 0.258 e. The Morgan fingerprint density at radius 1 is 1.26 bits per heavy atom. The third-order valence-corrected chi connectivity index (χ3v) is 3.61. The maximum atomic E-state index is 12.1. The molecule has 0 bridgehead atoms. The number of hydrogen-bond donors (Lipinski definition) is 1. The molecular weight excluding hydrogens is 240 g/mol. The Labute approximate surface area is 111 Å². The van der Waals surface area contributed by atoms with Gasteiger partial charge in [-0.3, -0.25) is 4.79 Å². The molecule has 1 aromatic carbocycles. The Morgan fingerprint density at radius 2 is 1.95 bits per heavy atom. The monoisotopic (exact) mass is 256 g/mol. The highest BCUT2D eigenvalue weighted by atomic mass is 16.5. The van der Waals surface area contributed by atoms with Gasteiger partial charge in [0.2, 0.25) is 5.88 Å². The summed E-state index contributed by atoms with van der Waals surface area (Å²) in [5, 5.41) is 0. The smallest absolute Gasteiger partial charge is 0.258 e. The van der Waals surface area contributed by atoms with Gasteiger partial charge in [0.15, 0.2) is 0 Å². The SMILES string of the molecule is Cc1ccc([C@H]2c3c(nc[nH]c3=O)OC2(C)C)cc1. The van der Waals surface area contributed by atoms with Crippen LogP contribution in [0.25, 0.3) is 0 Å². The predicted octanol–water partition coefficient (Wildman–Crippen LogP) is 2.38. The molecule has 1 atom stereocenters. The van der Waals surface area contributed by atoms with Gasteiger partial charge in [0.1, 0.15) is 5.60 Å². The van der Waals surface area contributed by atoms with Gasteiger partial charge in [0.05, 0.1) is 17.8 Å². The average Bonchev–Trinajstić information content (AvgIpc) is 2.62. The lowest BCUT2D eigenvalue weighted by Crippen LogP contribution is -2.32. The van der Waals surface area contributed by atoms with Crippen molar-refractivity contribution in [3.63, 3.8) is 0 Å². The number of aromatic amines is 1. The summed E-state index contributed by atoms with van der Waals surface area (Å²) < 4.78 is 5.84. The average molecular weight is 256 g/mol. The van der Waals surface area contributed by atoms with Gasteiger partial charge in [-0.1, -0.05) is 29.8 Å². The van der Waals surface area contributed by atoms with Crippen molar-refractivity contribution in [2.75, 3.05) is 0 Å². The molecule has 2 aromatic rings. The summed E-state index contributed by atoms with van der Waals surface area (Å²) in [6, 6.07) is 8.20. The second-order valence-corrected chi connectivity index (χ2v) is 5.50. The normalized spacial score (nSPS) is 19.8. The van der Waals surface area contributed by atoms with Crippen molar-refractivity contribution in [2.45, 2.75) is 32.3 Å². The van der Waals surface area contributed by atoms with E-state index in [1.54, 1.807) is 0 Å². The summed E-state index contributed by atoms with van der Waals surface area (Å²) in [5.74, 6) is 0.347. The van der Waals surface area contributed by atoms with Crippen LogP contribution in [0.4, 0.5) is 0 Å². The molecule has 1 aliphatic heterocycles. The largest absolute Gasteiger partial charge is 0.470 e. The third-order valence-electron chi connectivity index (χ3n) is 3.61. The van der Waals surface area contributed by atoms with Gasteiger partial charge in [-0.25, -0.2) is 4.98 Å². The van der Waals surface area contributed by atoms with E-state index in [4.69, 9.17) is 4.74 Å². The zero-order valence-electron chi connectivity index (χ0n) is 11.2. The van der Waals surface area contributed by atoms with Crippen molar-refractivity contribution in [2.24, 2.45) is 0 Å². The number of fused-ring (bicyclic) bond motifs is 1. The number of hydrogen-bond acceptors (Lipinski definition) is 3. The highest BCUT2D eigenvalue weighted by molar-refractivity contribution is 5.44. The molecule has 4 nitrogen and oxygen atoms in total. The standard InChI is InChI=1S/C15H16N2O2/c1-9-4-6-10(7-5-9)12-11-13(18)16-8-17-14(11)19-15(12,2)3/h4-8,12H,1-3H3,(H,16,17,18)/t12-/m0/s1. The number of rotatable bonds is 1. The second-order valence-electron chi connectivity index (χ2n) is 5.50. The quantitative estimate of drug-likeness (QED) is 0.852. The zero-order chi connectivity index (χ0) is 13.6. The first kappa shape index (κ1) is 12.0. The fraction of sp³-hybridized carbons (Fsp3) is 0.333. The molecule has 0 saturated heterocycles. The molecule has 2 heterocycles. The molecule has 1 N–H and O–H groups in total. The van der Waals surface area contributed by atoms with Crippen LogP contribution in [0, 0.1) is 6.92 Å². The Balaban J connectivity index is 2.20. The summed E-state index contributed by atoms with van der Waals surface area (Å²) in [6.07, 6.45) is 1.38. The van der Waals surface area contributed by atoms with Crippen LogP contribution in [0.1, 0.15) is 36.5 Å². The zero-order valence-corrected chi connectivity index (χ0v) is 11.2. The van der Waals surface area contributed by atoms with Crippen LogP contribution in [0.5, 0.6) is 5.88 Å². The van der Waals surface area contributed by atoms with E-state index in [1.165, 1.54) is 11.9 Å². The second kappa shape index (κ2) is 3.95. The predicted molar refractivity (Wildman–Crippen MR) is 72.6 cm³/mol. The van der Waals surface area contributed by atoms with Crippen molar-refractivity contribution in [3.05, 3.63) is 57.6 Å². The van der Waals surface area contributed by atoms with Gasteiger partial charge in [-0.15, -0.1) is 0 Å². The van der Waals surface area contributed by atoms with Crippen LogP contribution in [0.2, 0.25) is 0 Å².